The second kappa shape index (κ2) is 8.63. The van der Waals surface area contributed by atoms with Gasteiger partial charge in [0.25, 0.3) is 0 Å². The molecule has 2 aromatic carbocycles. The molecule has 1 saturated heterocycles. The molecule has 1 atom stereocenters. The van der Waals surface area contributed by atoms with Crippen LogP contribution < -0.4 is 10.2 Å². The molecule has 0 aliphatic carbocycles. The zero-order chi connectivity index (χ0) is 20.2. The lowest BCUT2D eigenvalue weighted by Crippen LogP contribution is -2.51. The highest BCUT2D eigenvalue weighted by Crippen LogP contribution is 2.31. The number of cyclic esters (lactones) is 1. The molecule has 2 heterocycles. The van der Waals surface area contributed by atoms with Gasteiger partial charge in [-0.25, -0.2) is 4.79 Å². The maximum atomic E-state index is 12.4. The van der Waals surface area contributed by atoms with E-state index in [2.05, 4.69) is 5.32 Å². The van der Waals surface area contributed by atoms with Gasteiger partial charge in [-0.05, 0) is 18.9 Å². The third-order valence-corrected chi connectivity index (χ3v) is 5.50. The van der Waals surface area contributed by atoms with E-state index in [1.165, 1.54) is 0 Å². The summed E-state index contributed by atoms with van der Waals surface area (Å²) in [4.78, 5) is 28.5. The van der Waals surface area contributed by atoms with Crippen molar-refractivity contribution < 1.29 is 19.4 Å². The number of likely N-dealkylation sites (tertiary alicyclic amines) is 1. The molecule has 2 aliphatic heterocycles. The molecule has 1 unspecified atom stereocenters. The number of ether oxygens (including phenoxy) is 1. The molecule has 2 aromatic rings. The summed E-state index contributed by atoms with van der Waals surface area (Å²) in [6.07, 6.45) is 0.211. The second-order valence-corrected chi connectivity index (χ2v) is 7.44. The number of aliphatic hydroxyl groups is 1. The number of piperidine rings is 1. The van der Waals surface area contributed by atoms with Crippen LogP contribution in [0.1, 0.15) is 30.2 Å². The number of carbonyl (C=O) groups is 2. The van der Waals surface area contributed by atoms with E-state index in [1.807, 2.05) is 47.4 Å². The lowest BCUT2D eigenvalue weighted by Gasteiger charge is -2.40. The monoisotopic (exact) mass is 395 g/mol. The van der Waals surface area contributed by atoms with Crippen molar-refractivity contribution in [3.8, 4) is 0 Å². The quantitative estimate of drug-likeness (QED) is 0.760. The Morgan fingerprint density at radius 2 is 1.79 bits per heavy atom. The topological polar surface area (TPSA) is 82.1 Å². The van der Waals surface area contributed by atoms with Crippen molar-refractivity contribution in [3.05, 3.63) is 65.7 Å². The molecule has 7 heteroatoms. The Kier molecular flexibility index (Phi) is 5.78. The van der Waals surface area contributed by atoms with Gasteiger partial charge in [0.05, 0.1) is 12.2 Å². The summed E-state index contributed by atoms with van der Waals surface area (Å²) in [6, 6.07) is 16.9. The minimum Gasteiger partial charge on any atom is -0.444 e. The Hall–Kier alpha value is -2.90. The van der Waals surface area contributed by atoms with E-state index in [0.29, 0.717) is 25.3 Å². The Morgan fingerprint density at radius 3 is 2.55 bits per heavy atom. The fourth-order valence-corrected chi connectivity index (χ4v) is 3.98. The van der Waals surface area contributed by atoms with Crippen molar-refractivity contribution in [2.45, 2.75) is 31.7 Å². The maximum Gasteiger partial charge on any atom is 0.414 e. The SMILES string of the molecule is O=C(CN1CCC(N2C(=O)OCc3ccccc32)CC1)NC(O)c1ccccc1. The molecular weight excluding hydrogens is 370 g/mol. The maximum absolute atomic E-state index is 12.4. The molecule has 152 valence electrons. The van der Waals surface area contributed by atoms with Crippen LogP contribution in [0.4, 0.5) is 10.5 Å². The summed E-state index contributed by atoms with van der Waals surface area (Å²) >= 11 is 0. The summed E-state index contributed by atoms with van der Waals surface area (Å²) in [7, 11) is 0. The van der Waals surface area contributed by atoms with E-state index >= 15 is 0 Å². The minimum absolute atomic E-state index is 0.0539. The highest BCUT2D eigenvalue weighted by atomic mass is 16.6. The van der Waals surface area contributed by atoms with Crippen molar-refractivity contribution in [2.24, 2.45) is 0 Å². The van der Waals surface area contributed by atoms with Gasteiger partial charge in [-0.2, -0.15) is 0 Å². The summed E-state index contributed by atoms with van der Waals surface area (Å²) in [5.74, 6) is -0.220. The molecule has 7 nitrogen and oxygen atoms in total. The summed E-state index contributed by atoms with van der Waals surface area (Å²) in [5.41, 5.74) is 2.59. The van der Waals surface area contributed by atoms with E-state index in [9.17, 15) is 14.7 Å². The zero-order valence-electron chi connectivity index (χ0n) is 16.2. The lowest BCUT2D eigenvalue weighted by atomic mass is 10.0. The Balaban J connectivity index is 1.31. The fourth-order valence-electron chi connectivity index (χ4n) is 3.98. The number of carbonyl (C=O) groups excluding carboxylic acids is 2. The molecule has 2 aliphatic rings. The number of nitrogens with one attached hydrogen (secondary N) is 1. The molecule has 2 N–H and O–H groups in total. The van der Waals surface area contributed by atoms with Gasteiger partial charge in [0.15, 0.2) is 6.23 Å². The number of amides is 2. The summed E-state index contributed by atoms with van der Waals surface area (Å²) in [5, 5.41) is 12.8. The Labute approximate surface area is 169 Å². The Bertz CT molecular complexity index is 865. The van der Waals surface area contributed by atoms with Crippen LogP contribution in [0.15, 0.2) is 54.6 Å². The number of benzene rings is 2. The van der Waals surface area contributed by atoms with Crippen LogP contribution in [0.25, 0.3) is 0 Å². The molecule has 0 spiro atoms. The first kappa shape index (κ1) is 19.4. The number of rotatable bonds is 5. The number of aliphatic hydroxyl groups excluding tert-OH is 1. The second-order valence-electron chi connectivity index (χ2n) is 7.44. The van der Waals surface area contributed by atoms with Gasteiger partial charge in [-0.15, -0.1) is 0 Å². The first-order valence-electron chi connectivity index (χ1n) is 9.90. The van der Waals surface area contributed by atoms with Crippen LogP contribution in [-0.4, -0.2) is 47.7 Å². The average Bonchev–Trinajstić information content (AvgIpc) is 2.75. The van der Waals surface area contributed by atoms with Crippen molar-refractivity contribution in [3.63, 3.8) is 0 Å². The summed E-state index contributed by atoms with van der Waals surface area (Å²) < 4.78 is 5.33. The number of fused-ring (bicyclic) bond motifs is 1. The number of hydrogen-bond donors (Lipinski definition) is 2. The number of anilines is 1. The predicted molar refractivity (Wildman–Crippen MR) is 108 cm³/mol. The van der Waals surface area contributed by atoms with Gasteiger partial charge in [0.1, 0.15) is 6.61 Å². The fraction of sp³-hybridized carbons (Fsp3) is 0.364. The molecule has 0 saturated carbocycles. The van der Waals surface area contributed by atoms with Crippen LogP contribution in [0.2, 0.25) is 0 Å². The standard InChI is InChI=1S/C22H25N3O4/c26-20(23-21(27)16-6-2-1-3-7-16)14-24-12-10-18(11-13-24)25-19-9-5-4-8-17(19)15-29-22(25)28/h1-9,18,21,27H,10-15H2,(H,23,26). The van der Waals surface area contributed by atoms with Crippen LogP contribution in [-0.2, 0) is 16.1 Å². The number of hydrogen-bond acceptors (Lipinski definition) is 5. The van der Waals surface area contributed by atoms with Gasteiger partial charge in [-0.1, -0.05) is 48.5 Å². The van der Waals surface area contributed by atoms with E-state index < -0.39 is 6.23 Å². The van der Waals surface area contributed by atoms with Crippen LogP contribution in [0, 0.1) is 0 Å². The smallest absolute Gasteiger partial charge is 0.414 e. The average molecular weight is 395 g/mol. The Morgan fingerprint density at radius 1 is 1.10 bits per heavy atom. The minimum atomic E-state index is -1.01. The largest absolute Gasteiger partial charge is 0.444 e. The highest BCUT2D eigenvalue weighted by Gasteiger charge is 2.34. The van der Waals surface area contributed by atoms with Crippen LogP contribution in [0.3, 0.4) is 0 Å². The van der Waals surface area contributed by atoms with E-state index in [4.69, 9.17) is 4.74 Å². The van der Waals surface area contributed by atoms with Gasteiger partial charge in [0.2, 0.25) is 5.91 Å². The molecule has 29 heavy (non-hydrogen) atoms. The van der Waals surface area contributed by atoms with Crippen molar-refractivity contribution in [1.82, 2.24) is 10.2 Å². The zero-order valence-corrected chi connectivity index (χ0v) is 16.2. The normalized spacial score (nSPS) is 18.7. The first-order valence-corrected chi connectivity index (χ1v) is 9.90. The van der Waals surface area contributed by atoms with Crippen molar-refractivity contribution in [2.75, 3.05) is 24.5 Å². The van der Waals surface area contributed by atoms with Gasteiger partial charge >= 0.3 is 6.09 Å². The van der Waals surface area contributed by atoms with Gasteiger partial charge in [0, 0.05) is 30.3 Å². The number of para-hydroxylation sites is 1. The molecule has 0 aromatic heterocycles. The third-order valence-electron chi connectivity index (χ3n) is 5.50. The van der Waals surface area contributed by atoms with Crippen LogP contribution >= 0.6 is 0 Å². The van der Waals surface area contributed by atoms with Crippen molar-refractivity contribution in [1.29, 1.82) is 0 Å². The van der Waals surface area contributed by atoms with Gasteiger partial charge < -0.3 is 15.2 Å². The molecular formula is C22H25N3O4. The first-order chi connectivity index (χ1) is 14.1. The van der Waals surface area contributed by atoms with E-state index in [0.717, 1.165) is 24.1 Å². The van der Waals surface area contributed by atoms with E-state index in [-0.39, 0.29) is 24.6 Å². The third kappa shape index (κ3) is 4.41. The van der Waals surface area contributed by atoms with E-state index in [1.54, 1.807) is 17.0 Å². The molecule has 1 fully saturated rings. The van der Waals surface area contributed by atoms with Crippen LogP contribution in [0.5, 0.6) is 0 Å². The molecule has 0 radical (unpaired) electrons. The lowest BCUT2D eigenvalue weighted by molar-refractivity contribution is -0.125. The number of nitrogens with zero attached hydrogens (tertiary/aromatic N) is 2. The van der Waals surface area contributed by atoms with Crippen molar-refractivity contribution >= 4 is 17.7 Å². The van der Waals surface area contributed by atoms with Gasteiger partial charge in [-0.3, -0.25) is 14.6 Å². The summed E-state index contributed by atoms with van der Waals surface area (Å²) in [6.45, 7) is 1.93. The highest BCUT2D eigenvalue weighted by molar-refractivity contribution is 5.91. The molecule has 0 bridgehead atoms. The molecule has 4 rings (SSSR count). The predicted octanol–water partition coefficient (Wildman–Crippen LogP) is 2.41. The molecule has 2 amide bonds.